The van der Waals surface area contributed by atoms with Crippen LogP contribution < -0.4 is 38.6 Å². The molecule has 1 aliphatic heterocycles. The number of fused-ring (bicyclic) bond motifs is 1. The molecule has 15 heteroatoms. The summed E-state index contributed by atoms with van der Waals surface area (Å²) in [7, 11) is 8.26. The summed E-state index contributed by atoms with van der Waals surface area (Å²) in [5, 5.41) is 11.2. The highest BCUT2D eigenvalue weighted by molar-refractivity contribution is 5.88. The molecule has 15 nitrogen and oxygen atoms in total. The molecule has 5 aromatic rings. The number of ether oxygens (including phenoxy) is 7. The summed E-state index contributed by atoms with van der Waals surface area (Å²) in [5.74, 6) is 4.09. The highest BCUT2D eigenvalue weighted by Gasteiger charge is 2.26. The molecule has 328 valence electrons. The van der Waals surface area contributed by atoms with E-state index < -0.39 is 5.60 Å². The third kappa shape index (κ3) is 11.7. The molecule has 2 aromatic heterocycles. The lowest BCUT2D eigenvalue weighted by Crippen LogP contribution is -2.45. The van der Waals surface area contributed by atoms with Gasteiger partial charge < -0.3 is 43.4 Å². The molecular weight excluding hydrogens is 779 g/mol. The second-order valence-electron chi connectivity index (χ2n) is 16.2. The maximum absolute atomic E-state index is 12.3. The number of likely N-dealkylation sites (tertiary alicyclic amines) is 1. The molecule has 0 radical (unpaired) electrons. The monoisotopic (exact) mass is 839 g/mol. The van der Waals surface area contributed by atoms with E-state index in [2.05, 4.69) is 45.3 Å². The Bertz CT molecular complexity index is 2170. The highest BCUT2D eigenvalue weighted by Crippen LogP contribution is 2.35. The number of unbranched alkanes of at least 4 members (excludes halogenated alkanes) is 1. The van der Waals surface area contributed by atoms with Crippen molar-refractivity contribution in [3.63, 3.8) is 0 Å². The number of nitrogens with zero attached hydrogens (tertiary/aromatic N) is 5. The molecule has 1 amide bonds. The first-order chi connectivity index (χ1) is 29.4. The fourth-order valence-electron chi connectivity index (χ4n) is 7.40. The Kier molecular flexibility index (Phi) is 15.0. The lowest BCUT2D eigenvalue weighted by molar-refractivity contribution is 0.0477. The van der Waals surface area contributed by atoms with Gasteiger partial charge in [-0.05, 0) is 75.9 Å². The molecule has 61 heavy (non-hydrogen) atoms. The predicted octanol–water partition coefficient (Wildman–Crippen LogP) is 7.86. The second kappa shape index (κ2) is 20.5. The molecule has 0 saturated carbocycles. The number of benzene rings is 3. The van der Waals surface area contributed by atoms with E-state index in [0.29, 0.717) is 66.0 Å². The van der Waals surface area contributed by atoms with Crippen LogP contribution in [0.15, 0.2) is 54.6 Å². The molecule has 0 bridgehead atoms. The van der Waals surface area contributed by atoms with Crippen LogP contribution in [-0.4, -0.2) is 98.0 Å². The number of alkyl carbamates (subject to hydrolysis) is 1. The Morgan fingerprint density at radius 1 is 0.803 bits per heavy atom. The highest BCUT2D eigenvalue weighted by atomic mass is 16.6. The number of nitrogens with one attached hydrogen (secondary N) is 2. The fraction of sp³-hybridized carbons (Fsp3) is 0.478. The van der Waals surface area contributed by atoms with Gasteiger partial charge >= 0.3 is 12.1 Å². The molecule has 0 unspecified atom stereocenters. The maximum atomic E-state index is 12.3. The number of hydrogen-bond donors (Lipinski definition) is 2. The minimum atomic E-state index is -0.523. The summed E-state index contributed by atoms with van der Waals surface area (Å²) in [6.45, 7) is 11.5. The van der Waals surface area contributed by atoms with Gasteiger partial charge in [-0.2, -0.15) is 15.1 Å². The number of amides is 1. The van der Waals surface area contributed by atoms with Crippen molar-refractivity contribution in [1.29, 1.82) is 0 Å². The number of carbonyl (C=O) groups excluding carboxylic acids is 1. The Balaban J connectivity index is 1.30. The summed E-state index contributed by atoms with van der Waals surface area (Å²) in [4.78, 5) is 26.8. The lowest BCUT2D eigenvalue weighted by Gasteiger charge is -2.33. The largest absolute Gasteiger partial charge is 0.497 e. The van der Waals surface area contributed by atoms with E-state index in [9.17, 15) is 4.79 Å². The zero-order chi connectivity index (χ0) is 43.5. The number of hydrogen-bond acceptors (Lipinski definition) is 13. The first kappa shape index (κ1) is 44.6. The first-order valence-electron chi connectivity index (χ1n) is 20.9. The maximum Gasteiger partial charge on any atom is 0.407 e. The first-order valence-corrected chi connectivity index (χ1v) is 20.9. The normalized spacial score (nSPS) is 13.5. The van der Waals surface area contributed by atoms with Crippen LogP contribution in [0.3, 0.4) is 0 Å². The van der Waals surface area contributed by atoms with Crippen LogP contribution in [0.4, 0.5) is 10.6 Å². The van der Waals surface area contributed by atoms with Crippen LogP contribution in [0.5, 0.6) is 34.8 Å². The summed E-state index contributed by atoms with van der Waals surface area (Å²) in [5.41, 5.74) is 5.48. The van der Waals surface area contributed by atoms with Crippen molar-refractivity contribution in [1.82, 2.24) is 30.4 Å². The van der Waals surface area contributed by atoms with Crippen molar-refractivity contribution >= 4 is 22.9 Å². The number of piperidine rings is 1. The van der Waals surface area contributed by atoms with Gasteiger partial charge in [0.2, 0.25) is 0 Å². The van der Waals surface area contributed by atoms with E-state index in [1.54, 1.807) is 35.5 Å². The molecule has 1 aliphatic rings. The smallest absolute Gasteiger partial charge is 0.407 e. The van der Waals surface area contributed by atoms with Crippen LogP contribution in [0.25, 0.3) is 11.0 Å². The predicted molar refractivity (Wildman–Crippen MR) is 235 cm³/mol. The third-order valence-corrected chi connectivity index (χ3v) is 10.6. The van der Waals surface area contributed by atoms with Crippen LogP contribution >= 0.6 is 0 Å². The standard InChI is InChI=1S/C46H61N7O8/c1-10-11-22-60-44-48-41-37(24-31-13-12-30(23-38(31)57-7)27-52-20-18-34(19-21-52)47-45(54)61-46(2,3)4)50-51-42(41)43(49-44)53(28-32-14-16-35(55-5)25-39(32)58-8)29-33-15-17-36(56-6)26-40(33)59-9/h12-17,23,25-26,34H,10-11,18-22,24,27-29H2,1-9H3,(H,47,54)(H,50,51). The van der Waals surface area contributed by atoms with Gasteiger partial charge in [0.15, 0.2) is 11.3 Å². The van der Waals surface area contributed by atoms with Gasteiger partial charge in [-0.3, -0.25) is 10.00 Å². The number of anilines is 1. The number of aromatic nitrogens is 4. The van der Waals surface area contributed by atoms with Crippen molar-refractivity contribution in [2.24, 2.45) is 0 Å². The molecule has 0 spiro atoms. The molecule has 3 aromatic carbocycles. The van der Waals surface area contributed by atoms with E-state index >= 15 is 0 Å². The van der Waals surface area contributed by atoms with E-state index in [1.807, 2.05) is 57.2 Å². The van der Waals surface area contributed by atoms with Crippen molar-refractivity contribution in [3.8, 4) is 34.8 Å². The molecule has 6 rings (SSSR count). The van der Waals surface area contributed by atoms with Crippen LogP contribution in [-0.2, 0) is 30.8 Å². The number of aromatic amines is 1. The lowest BCUT2D eigenvalue weighted by atomic mass is 10.0. The Hall–Kier alpha value is -5.96. The zero-order valence-corrected chi connectivity index (χ0v) is 37.1. The summed E-state index contributed by atoms with van der Waals surface area (Å²) in [6, 6.07) is 18.3. The van der Waals surface area contributed by atoms with E-state index in [1.165, 1.54) is 0 Å². The number of methoxy groups -OCH3 is 5. The van der Waals surface area contributed by atoms with Gasteiger partial charge in [-0.25, -0.2) is 4.79 Å². The molecule has 0 aliphatic carbocycles. The van der Waals surface area contributed by atoms with E-state index in [0.717, 1.165) is 79.0 Å². The van der Waals surface area contributed by atoms with Crippen molar-refractivity contribution < 1.29 is 38.0 Å². The molecule has 1 fully saturated rings. The van der Waals surface area contributed by atoms with Crippen LogP contribution in [0.1, 0.15) is 81.3 Å². The third-order valence-electron chi connectivity index (χ3n) is 10.6. The summed E-state index contributed by atoms with van der Waals surface area (Å²) >= 11 is 0. The van der Waals surface area contributed by atoms with E-state index in [-0.39, 0.29) is 18.1 Å². The van der Waals surface area contributed by atoms with Gasteiger partial charge in [-0.1, -0.05) is 25.5 Å². The van der Waals surface area contributed by atoms with E-state index in [4.69, 9.17) is 48.2 Å². The van der Waals surface area contributed by atoms with Crippen LogP contribution in [0, 0.1) is 0 Å². The van der Waals surface area contributed by atoms with Gasteiger partial charge in [0.25, 0.3) is 0 Å². The minimum Gasteiger partial charge on any atom is -0.497 e. The molecule has 1 saturated heterocycles. The average Bonchev–Trinajstić information content (AvgIpc) is 3.66. The molecule has 0 atom stereocenters. The molecule has 2 N–H and O–H groups in total. The minimum absolute atomic E-state index is 0.0942. The van der Waals surface area contributed by atoms with Gasteiger partial charge in [0.1, 0.15) is 39.9 Å². The van der Waals surface area contributed by atoms with Gasteiger partial charge in [0, 0.05) is 74.0 Å². The number of carbonyl (C=O) groups is 1. The Labute approximate surface area is 359 Å². The Morgan fingerprint density at radius 3 is 1.98 bits per heavy atom. The SMILES string of the molecule is CCCCOc1nc(N(Cc2ccc(OC)cc2OC)Cc2ccc(OC)cc2OC)c2n[nH]c(Cc3ccc(CN4CCC(NC(=O)OC(C)(C)C)CC4)cc3OC)c2n1. The quantitative estimate of drug-likeness (QED) is 0.0777. The Morgan fingerprint density at radius 2 is 1.41 bits per heavy atom. The fourth-order valence-corrected chi connectivity index (χ4v) is 7.40. The number of rotatable bonds is 19. The summed E-state index contributed by atoms with van der Waals surface area (Å²) in [6.07, 6.45) is 3.65. The average molecular weight is 840 g/mol. The molecule has 3 heterocycles. The van der Waals surface area contributed by atoms with Gasteiger partial charge in [0.05, 0.1) is 47.8 Å². The topological polar surface area (TPSA) is 155 Å². The van der Waals surface area contributed by atoms with Crippen molar-refractivity contribution in [3.05, 3.63) is 82.5 Å². The second-order valence-corrected chi connectivity index (χ2v) is 16.2. The van der Waals surface area contributed by atoms with Crippen LogP contribution in [0.2, 0.25) is 0 Å². The van der Waals surface area contributed by atoms with Crippen molar-refractivity contribution in [2.75, 3.05) is 60.1 Å². The van der Waals surface area contributed by atoms with Gasteiger partial charge in [-0.15, -0.1) is 0 Å². The summed E-state index contributed by atoms with van der Waals surface area (Å²) < 4.78 is 40.3. The molecular formula is C46H61N7O8. The van der Waals surface area contributed by atoms with Crippen molar-refractivity contribution in [2.45, 2.75) is 91.1 Å². The number of H-pyrrole nitrogens is 1. The zero-order valence-electron chi connectivity index (χ0n) is 37.1.